The Bertz CT molecular complexity index is 745. The summed E-state index contributed by atoms with van der Waals surface area (Å²) >= 11 is 0. The van der Waals surface area contributed by atoms with E-state index < -0.39 is 22.9 Å². The number of nitro groups is 1. The molecular formula is C15H11F3N2O4. The summed E-state index contributed by atoms with van der Waals surface area (Å²) in [6, 6.07) is 10.4. The Hall–Kier alpha value is -3.10. The van der Waals surface area contributed by atoms with Crippen LogP contribution < -0.4 is 10.1 Å². The van der Waals surface area contributed by atoms with E-state index in [-0.39, 0.29) is 23.4 Å². The van der Waals surface area contributed by atoms with Crippen molar-refractivity contribution in [2.75, 3.05) is 5.32 Å². The van der Waals surface area contributed by atoms with Crippen molar-refractivity contribution >= 4 is 17.3 Å². The van der Waals surface area contributed by atoms with Gasteiger partial charge in [0.15, 0.2) is 0 Å². The van der Waals surface area contributed by atoms with Crippen LogP contribution in [-0.4, -0.2) is 17.2 Å². The highest BCUT2D eigenvalue weighted by Crippen LogP contribution is 2.24. The lowest BCUT2D eigenvalue weighted by Crippen LogP contribution is -2.17. The highest BCUT2D eigenvalue weighted by molar-refractivity contribution is 5.92. The van der Waals surface area contributed by atoms with Crippen molar-refractivity contribution in [2.24, 2.45) is 0 Å². The molecule has 2 rings (SSSR count). The zero-order chi connectivity index (χ0) is 17.7. The van der Waals surface area contributed by atoms with Crippen LogP contribution >= 0.6 is 0 Å². The lowest BCUT2D eigenvalue weighted by molar-refractivity contribution is -0.385. The molecule has 0 radical (unpaired) electrons. The molecule has 2 aromatic carbocycles. The van der Waals surface area contributed by atoms with Crippen LogP contribution in [0.3, 0.4) is 0 Å². The topological polar surface area (TPSA) is 81.5 Å². The quantitative estimate of drug-likeness (QED) is 0.665. The minimum Gasteiger partial charge on any atom is -0.406 e. The number of halogens is 3. The van der Waals surface area contributed by atoms with Crippen LogP contribution in [0.4, 0.5) is 24.5 Å². The Balaban J connectivity index is 2.02. The second-order valence-electron chi connectivity index (χ2n) is 4.68. The normalized spacial score (nSPS) is 11.0. The van der Waals surface area contributed by atoms with Crippen LogP contribution in [-0.2, 0) is 11.2 Å². The molecule has 1 amide bonds. The van der Waals surface area contributed by atoms with Crippen molar-refractivity contribution in [3.05, 3.63) is 64.2 Å². The zero-order valence-electron chi connectivity index (χ0n) is 12.0. The number of nitrogens with one attached hydrogen (secondary N) is 1. The van der Waals surface area contributed by atoms with Crippen molar-refractivity contribution in [2.45, 2.75) is 12.8 Å². The highest BCUT2D eigenvalue weighted by Gasteiger charge is 2.30. The lowest BCUT2D eigenvalue weighted by atomic mass is 10.1. The summed E-state index contributed by atoms with van der Waals surface area (Å²) in [6.07, 6.45) is -5.03. The monoisotopic (exact) mass is 340 g/mol. The number of nitrogens with zero attached hydrogens (tertiary/aromatic N) is 1. The third-order valence-corrected chi connectivity index (χ3v) is 2.91. The standard InChI is InChI=1S/C15H11F3N2O4/c16-15(17,18)24-12-7-5-11(6-8-12)19-14(21)9-10-3-1-2-4-13(10)20(22)23/h1-8H,9H2,(H,19,21). The molecule has 0 spiro atoms. The molecule has 0 fully saturated rings. The second-order valence-corrected chi connectivity index (χ2v) is 4.68. The fourth-order valence-electron chi connectivity index (χ4n) is 1.96. The first-order valence-electron chi connectivity index (χ1n) is 6.62. The number of anilines is 1. The van der Waals surface area contributed by atoms with Crippen molar-refractivity contribution in [1.82, 2.24) is 0 Å². The number of hydrogen-bond donors (Lipinski definition) is 1. The van der Waals surface area contributed by atoms with Gasteiger partial charge in [-0.15, -0.1) is 13.2 Å². The van der Waals surface area contributed by atoms with Gasteiger partial charge < -0.3 is 10.1 Å². The molecule has 0 aromatic heterocycles. The molecule has 2 aromatic rings. The molecule has 126 valence electrons. The molecule has 0 unspecified atom stereocenters. The van der Waals surface area contributed by atoms with Crippen LogP contribution in [0, 0.1) is 10.1 Å². The van der Waals surface area contributed by atoms with Gasteiger partial charge in [0, 0.05) is 17.3 Å². The van der Waals surface area contributed by atoms with Gasteiger partial charge in [-0.3, -0.25) is 14.9 Å². The molecule has 0 atom stereocenters. The Kier molecular flexibility index (Phi) is 5.02. The SMILES string of the molecule is O=C(Cc1ccccc1[N+](=O)[O-])Nc1ccc(OC(F)(F)F)cc1. The number of carbonyl (C=O) groups excluding carboxylic acids is 1. The van der Waals surface area contributed by atoms with Gasteiger partial charge in [0.25, 0.3) is 5.69 Å². The van der Waals surface area contributed by atoms with E-state index in [4.69, 9.17) is 0 Å². The molecule has 24 heavy (non-hydrogen) atoms. The Morgan fingerprint density at radius 1 is 1.12 bits per heavy atom. The van der Waals surface area contributed by atoms with E-state index in [0.717, 1.165) is 12.1 Å². The van der Waals surface area contributed by atoms with Crippen LogP contribution in [0.5, 0.6) is 5.75 Å². The fourth-order valence-corrected chi connectivity index (χ4v) is 1.96. The van der Waals surface area contributed by atoms with Crippen molar-refractivity contribution < 1.29 is 27.6 Å². The maximum absolute atomic E-state index is 12.1. The van der Waals surface area contributed by atoms with E-state index in [1.807, 2.05) is 0 Å². The van der Waals surface area contributed by atoms with Gasteiger partial charge in [0.1, 0.15) is 5.75 Å². The molecule has 0 aliphatic heterocycles. The number of carbonyl (C=O) groups is 1. The van der Waals surface area contributed by atoms with E-state index in [1.165, 1.54) is 30.3 Å². The van der Waals surface area contributed by atoms with E-state index in [1.54, 1.807) is 6.07 Å². The summed E-state index contributed by atoms with van der Waals surface area (Å²) in [4.78, 5) is 22.2. The van der Waals surface area contributed by atoms with Gasteiger partial charge in [-0.25, -0.2) is 0 Å². The number of para-hydroxylation sites is 1. The number of benzene rings is 2. The number of hydrogen-bond acceptors (Lipinski definition) is 4. The maximum Gasteiger partial charge on any atom is 0.573 e. The van der Waals surface area contributed by atoms with Gasteiger partial charge in [-0.05, 0) is 24.3 Å². The van der Waals surface area contributed by atoms with Crippen molar-refractivity contribution in [1.29, 1.82) is 0 Å². The first kappa shape index (κ1) is 17.3. The van der Waals surface area contributed by atoms with E-state index in [2.05, 4.69) is 10.1 Å². The summed E-state index contributed by atoms with van der Waals surface area (Å²) in [6.45, 7) is 0. The fraction of sp³-hybridized carbons (Fsp3) is 0.133. The lowest BCUT2D eigenvalue weighted by Gasteiger charge is -2.10. The number of nitro benzene ring substituents is 1. The average Bonchev–Trinajstić information content (AvgIpc) is 2.48. The molecule has 9 heteroatoms. The third kappa shape index (κ3) is 4.97. The predicted octanol–water partition coefficient (Wildman–Crippen LogP) is 3.67. The first-order valence-corrected chi connectivity index (χ1v) is 6.62. The smallest absolute Gasteiger partial charge is 0.406 e. The van der Waals surface area contributed by atoms with Gasteiger partial charge in [0.05, 0.1) is 11.3 Å². The maximum atomic E-state index is 12.1. The minimum atomic E-state index is -4.79. The van der Waals surface area contributed by atoms with Gasteiger partial charge in [0.2, 0.25) is 5.91 Å². The Morgan fingerprint density at radius 3 is 2.33 bits per heavy atom. The van der Waals surface area contributed by atoms with E-state index in [0.29, 0.717) is 0 Å². The zero-order valence-corrected chi connectivity index (χ0v) is 12.0. The first-order chi connectivity index (χ1) is 11.2. The second kappa shape index (κ2) is 6.99. The molecule has 0 aliphatic rings. The average molecular weight is 340 g/mol. The number of amides is 1. The van der Waals surface area contributed by atoms with Crippen molar-refractivity contribution in [3.8, 4) is 5.75 Å². The Morgan fingerprint density at radius 2 is 1.75 bits per heavy atom. The molecule has 6 nitrogen and oxygen atoms in total. The minimum absolute atomic E-state index is 0.179. The molecule has 1 N–H and O–H groups in total. The van der Waals surface area contributed by atoms with Crippen LogP contribution in [0.2, 0.25) is 0 Å². The van der Waals surface area contributed by atoms with Gasteiger partial charge in [-0.2, -0.15) is 0 Å². The summed E-state index contributed by atoms with van der Waals surface area (Å²) in [7, 11) is 0. The van der Waals surface area contributed by atoms with Crippen LogP contribution in [0.15, 0.2) is 48.5 Å². The predicted molar refractivity (Wildman–Crippen MR) is 78.6 cm³/mol. The Labute approximate surface area is 134 Å². The highest BCUT2D eigenvalue weighted by atomic mass is 19.4. The summed E-state index contributed by atoms with van der Waals surface area (Å²) in [5.74, 6) is -0.951. The molecule has 0 heterocycles. The molecule has 0 aliphatic carbocycles. The number of rotatable bonds is 5. The van der Waals surface area contributed by atoms with Crippen molar-refractivity contribution in [3.63, 3.8) is 0 Å². The summed E-state index contributed by atoms with van der Waals surface area (Å²) in [5, 5.41) is 13.3. The number of ether oxygens (including phenoxy) is 1. The number of alkyl halides is 3. The van der Waals surface area contributed by atoms with Gasteiger partial charge in [-0.1, -0.05) is 18.2 Å². The molecule has 0 saturated heterocycles. The van der Waals surface area contributed by atoms with E-state index >= 15 is 0 Å². The largest absolute Gasteiger partial charge is 0.573 e. The summed E-state index contributed by atoms with van der Waals surface area (Å²) < 4.78 is 39.9. The van der Waals surface area contributed by atoms with Crippen LogP contribution in [0.25, 0.3) is 0 Å². The summed E-state index contributed by atoms with van der Waals surface area (Å²) in [5.41, 5.74) is 0.298. The van der Waals surface area contributed by atoms with Gasteiger partial charge >= 0.3 is 6.36 Å². The van der Waals surface area contributed by atoms with Crippen LogP contribution in [0.1, 0.15) is 5.56 Å². The molecular weight excluding hydrogens is 329 g/mol. The molecule has 0 bridgehead atoms. The third-order valence-electron chi connectivity index (χ3n) is 2.91. The van der Waals surface area contributed by atoms with E-state index in [9.17, 15) is 28.1 Å². The molecule has 0 saturated carbocycles.